The van der Waals surface area contributed by atoms with Crippen LogP contribution >= 0.6 is 0 Å². The fraction of sp³-hybridized carbons (Fsp3) is 0.448. The summed E-state index contributed by atoms with van der Waals surface area (Å²) >= 11 is 0. The van der Waals surface area contributed by atoms with Crippen molar-refractivity contribution in [3.05, 3.63) is 77.6 Å². The zero-order chi connectivity index (χ0) is 30.1. The monoisotopic (exact) mass is 587 g/mol. The summed E-state index contributed by atoms with van der Waals surface area (Å²) < 4.78 is 54.6. The first-order valence-corrected chi connectivity index (χ1v) is 13.8. The van der Waals surface area contributed by atoms with Crippen LogP contribution in [0.5, 0.6) is 0 Å². The third-order valence-corrected chi connectivity index (χ3v) is 8.00. The first-order chi connectivity index (χ1) is 19.9. The zero-order valence-corrected chi connectivity index (χ0v) is 23.1. The summed E-state index contributed by atoms with van der Waals surface area (Å²) in [6.07, 6.45) is 2.13. The van der Waals surface area contributed by atoms with Gasteiger partial charge in [0.1, 0.15) is 12.4 Å². The van der Waals surface area contributed by atoms with Crippen molar-refractivity contribution in [1.29, 1.82) is 0 Å². The number of halogens is 4. The highest BCUT2D eigenvalue weighted by atomic mass is 19.4. The number of aliphatic hydroxyl groups is 1. The highest BCUT2D eigenvalue weighted by Crippen LogP contribution is 2.37. The molecule has 9 nitrogen and oxygen atoms in total. The molecule has 2 aromatic heterocycles. The van der Waals surface area contributed by atoms with Crippen molar-refractivity contribution in [2.75, 3.05) is 29.9 Å². The number of likely N-dealkylation sites (tertiary alicyclic amines) is 1. The Kier molecular flexibility index (Phi) is 8.33. The van der Waals surface area contributed by atoms with Crippen LogP contribution in [-0.2, 0) is 17.5 Å². The topological polar surface area (TPSA) is 120 Å². The lowest BCUT2D eigenvalue weighted by Crippen LogP contribution is -2.56. The maximum atomic E-state index is 15.7. The van der Waals surface area contributed by atoms with Crippen LogP contribution in [0.4, 0.5) is 29.2 Å². The normalized spacial score (nSPS) is 22.0. The average molecular weight is 588 g/mol. The molecule has 1 aliphatic carbocycles. The average Bonchev–Trinajstić information content (AvgIpc) is 3.78. The van der Waals surface area contributed by atoms with E-state index in [1.165, 1.54) is 18.5 Å². The summed E-state index contributed by atoms with van der Waals surface area (Å²) in [6.45, 7) is 2.75. The number of rotatable bonds is 10. The van der Waals surface area contributed by atoms with E-state index in [-0.39, 0.29) is 43.2 Å². The molecule has 4 N–H and O–H groups in total. The van der Waals surface area contributed by atoms with Crippen LogP contribution in [0.25, 0.3) is 0 Å². The molecule has 3 atom stereocenters. The number of alkyl halides is 3. The minimum Gasteiger partial charge on any atom is -0.388 e. The number of carbonyl (C=O) groups excluding carboxylic acids is 1. The van der Waals surface area contributed by atoms with E-state index in [1.54, 1.807) is 36.4 Å². The number of carbonyl (C=O) groups is 1. The van der Waals surface area contributed by atoms with Crippen molar-refractivity contribution in [3.8, 4) is 0 Å². The summed E-state index contributed by atoms with van der Waals surface area (Å²) in [4.78, 5) is 28.1. The van der Waals surface area contributed by atoms with E-state index in [0.29, 0.717) is 24.1 Å². The number of anilines is 2. The number of nitrogens with zero attached hydrogens (tertiary/aromatic N) is 5. The summed E-state index contributed by atoms with van der Waals surface area (Å²) in [5, 5.41) is 14.4. The van der Waals surface area contributed by atoms with Gasteiger partial charge in [0.2, 0.25) is 11.7 Å². The molecule has 1 aliphatic heterocycles. The van der Waals surface area contributed by atoms with Crippen molar-refractivity contribution >= 4 is 17.5 Å². The number of pyridine rings is 1. The van der Waals surface area contributed by atoms with E-state index >= 15 is 4.39 Å². The smallest absolute Gasteiger partial charge is 0.388 e. The Morgan fingerprint density at radius 1 is 1.17 bits per heavy atom. The molecule has 0 spiro atoms. The third-order valence-electron chi connectivity index (χ3n) is 8.00. The maximum absolute atomic E-state index is 15.7. The lowest BCUT2D eigenvalue weighted by atomic mass is 9.81. The molecule has 1 amide bonds. The van der Waals surface area contributed by atoms with Crippen LogP contribution in [0.2, 0.25) is 0 Å². The van der Waals surface area contributed by atoms with Gasteiger partial charge in [-0.1, -0.05) is 12.1 Å². The highest BCUT2D eigenvalue weighted by Gasteiger charge is 2.42. The first-order valence-electron chi connectivity index (χ1n) is 13.8. The van der Waals surface area contributed by atoms with Gasteiger partial charge < -0.3 is 21.1 Å². The number of nitrogens with two attached hydrogens (primary N) is 1. The number of hydrogen-bond donors (Lipinski definition) is 3. The van der Waals surface area contributed by atoms with E-state index in [2.05, 4.69) is 20.3 Å². The van der Waals surface area contributed by atoms with E-state index in [1.807, 2.05) is 4.90 Å². The number of β-amino-alcohol motifs (C(OH)–C–C–N with tert-alkyl or cyclic N) is 1. The molecule has 13 heteroatoms. The lowest BCUT2D eigenvalue weighted by Gasteiger charge is -2.45. The zero-order valence-electron chi connectivity index (χ0n) is 23.1. The van der Waals surface area contributed by atoms with Crippen molar-refractivity contribution < 1.29 is 27.5 Å². The van der Waals surface area contributed by atoms with Crippen molar-refractivity contribution in [2.45, 2.75) is 56.6 Å². The van der Waals surface area contributed by atoms with Crippen molar-refractivity contribution in [1.82, 2.24) is 19.9 Å². The number of piperidine rings is 1. The van der Waals surface area contributed by atoms with Crippen LogP contribution in [-0.4, -0.2) is 62.1 Å². The largest absolute Gasteiger partial charge is 0.416 e. The Labute approximate surface area is 240 Å². The summed E-state index contributed by atoms with van der Waals surface area (Å²) in [6, 6.07) is 7.56. The molecule has 0 bridgehead atoms. The van der Waals surface area contributed by atoms with E-state index in [9.17, 15) is 23.1 Å². The van der Waals surface area contributed by atoms with Crippen LogP contribution in [0.1, 0.15) is 48.9 Å². The molecule has 1 saturated carbocycles. The summed E-state index contributed by atoms with van der Waals surface area (Å²) in [5.41, 5.74) is 5.04. The molecule has 42 heavy (non-hydrogen) atoms. The second kappa shape index (κ2) is 11.8. The molecule has 2 aliphatic rings. The Hall–Kier alpha value is -3.84. The van der Waals surface area contributed by atoms with Crippen molar-refractivity contribution in [3.63, 3.8) is 0 Å². The molecule has 1 saturated heterocycles. The number of aromatic nitrogens is 3. The number of nitrogens with one attached hydrogen (secondary N) is 1. The van der Waals surface area contributed by atoms with Crippen LogP contribution < -0.4 is 16.0 Å². The second-order valence-corrected chi connectivity index (χ2v) is 11.2. The molecule has 1 unspecified atom stereocenters. The second-order valence-electron chi connectivity index (χ2n) is 11.2. The van der Waals surface area contributed by atoms with Gasteiger partial charge in [0.15, 0.2) is 11.6 Å². The van der Waals surface area contributed by atoms with Crippen molar-refractivity contribution in [2.24, 2.45) is 11.7 Å². The van der Waals surface area contributed by atoms with Gasteiger partial charge in [-0.05, 0) is 68.1 Å². The van der Waals surface area contributed by atoms with Crippen LogP contribution in [0.3, 0.4) is 0 Å². The van der Waals surface area contributed by atoms with E-state index in [4.69, 9.17) is 5.73 Å². The minimum absolute atomic E-state index is 0.0215. The molecular formula is C29H33F4N7O2. The van der Waals surface area contributed by atoms with Gasteiger partial charge in [-0.15, -0.1) is 0 Å². The standard InChI is InChI=1S/C29H33F4N7O2/c1-28(42)16-39(24(25(34)41)19-8-11-35-12-9-19)13-10-21(28)14-36-26-23(30)27(38-17-37-26)40(22-6-7-22)15-18-2-4-20(5-3-18)29(31,32)33/h2-5,8-9,11-12,17,21-22,24,42H,6-7,10,13-16H2,1H3,(H2,34,41)(H,36,37,38)/t21-,24?,28-/m0/s1. The quantitative estimate of drug-likeness (QED) is 0.306. The first kappa shape index (κ1) is 29.6. The van der Waals surface area contributed by atoms with Crippen LogP contribution in [0, 0.1) is 11.7 Å². The molecule has 5 rings (SSSR count). The summed E-state index contributed by atoms with van der Waals surface area (Å²) in [7, 11) is 0. The molecular weight excluding hydrogens is 554 g/mol. The number of amides is 1. The molecule has 2 fully saturated rings. The van der Waals surface area contributed by atoms with Gasteiger partial charge in [-0.3, -0.25) is 14.7 Å². The molecule has 3 aromatic rings. The number of benzene rings is 1. The van der Waals surface area contributed by atoms with Gasteiger partial charge >= 0.3 is 6.18 Å². The van der Waals surface area contributed by atoms with Gasteiger partial charge in [0, 0.05) is 44.0 Å². The molecule has 224 valence electrons. The molecule has 0 radical (unpaired) electrons. The highest BCUT2D eigenvalue weighted by molar-refractivity contribution is 5.81. The SMILES string of the molecule is C[C@]1(O)CN(C(C(N)=O)c2ccncc2)CC[C@H]1CNc1ncnc(N(Cc2ccc(C(F)(F)F)cc2)C2CC2)c1F. The predicted molar refractivity (Wildman–Crippen MR) is 148 cm³/mol. The van der Waals surface area contributed by atoms with E-state index < -0.39 is 35.1 Å². The Morgan fingerprint density at radius 3 is 2.45 bits per heavy atom. The third kappa shape index (κ3) is 6.62. The number of primary amides is 1. The molecule has 3 heterocycles. The Morgan fingerprint density at radius 2 is 1.86 bits per heavy atom. The van der Waals surface area contributed by atoms with Gasteiger partial charge in [0.05, 0.1) is 11.2 Å². The fourth-order valence-corrected chi connectivity index (χ4v) is 5.56. The number of hydrogen-bond acceptors (Lipinski definition) is 8. The maximum Gasteiger partial charge on any atom is 0.416 e. The van der Waals surface area contributed by atoms with E-state index in [0.717, 1.165) is 25.0 Å². The minimum atomic E-state index is -4.43. The predicted octanol–water partition coefficient (Wildman–Crippen LogP) is 3.91. The molecule has 1 aromatic carbocycles. The van der Waals surface area contributed by atoms with Gasteiger partial charge in [0.25, 0.3) is 0 Å². The van der Waals surface area contributed by atoms with Gasteiger partial charge in [-0.2, -0.15) is 17.6 Å². The fourth-order valence-electron chi connectivity index (χ4n) is 5.56. The van der Waals surface area contributed by atoms with Crippen LogP contribution in [0.15, 0.2) is 55.1 Å². The van der Waals surface area contributed by atoms with Gasteiger partial charge in [-0.25, -0.2) is 9.97 Å². The summed E-state index contributed by atoms with van der Waals surface area (Å²) in [5.74, 6) is -1.44. The Balaban J connectivity index is 1.26. The lowest BCUT2D eigenvalue weighted by molar-refractivity contribution is -0.137. The Bertz CT molecular complexity index is 1380.